The predicted molar refractivity (Wildman–Crippen MR) is 59.7 cm³/mol. The van der Waals surface area contributed by atoms with E-state index in [2.05, 4.69) is 9.88 Å². The maximum atomic E-state index is 10.9. The second-order valence-corrected chi connectivity index (χ2v) is 4.69. The molecule has 2 atom stereocenters. The Morgan fingerprint density at radius 2 is 2.38 bits per heavy atom. The van der Waals surface area contributed by atoms with E-state index in [0.29, 0.717) is 11.6 Å². The van der Waals surface area contributed by atoms with E-state index in [-0.39, 0.29) is 0 Å². The molecule has 84 valence electrons. The first-order valence-corrected chi connectivity index (χ1v) is 5.70. The van der Waals surface area contributed by atoms with Crippen molar-refractivity contribution in [2.24, 2.45) is 5.92 Å². The Bertz CT molecular complexity index is 433. The number of pyridine rings is 1. The summed E-state index contributed by atoms with van der Waals surface area (Å²) in [6.07, 6.45) is 5.38. The van der Waals surface area contributed by atoms with Crippen LogP contribution in [0, 0.1) is 5.92 Å². The topological polar surface area (TPSA) is 53.4 Å². The minimum Gasteiger partial charge on any atom is -0.478 e. The zero-order valence-corrected chi connectivity index (χ0v) is 8.97. The molecule has 2 bridgehead atoms. The van der Waals surface area contributed by atoms with E-state index in [0.717, 1.165) is 18.3 Å². The summed E-state index contributed by atoms with van der Waals surface area (Å²) in [4.78, 5) is 17.4. The second-order valence-electron chi connectivity index (χ2n) is 4.69. The molecule has 0 radical (unpaired) electrons. The maximum absolute atomic E-state index is 10.9. The summed E-state index contributed by atoms with van der Waals surface area (Å²) < 4.78 is 0. The molecule has 3 rings (SSSR count). The van der Waals surface area contributed by atoms with E-state index in [1.807, 2.05) is 0 Å². The molecule has 1 aromatic rings. The number of fused-ring (bicyclic) bond motifs is 2. The molecule has 1 aliphatic carbocycles. The Kier molecular flexibility index (Phi) is 2.09. The summed E-state index contributed by atoms with van der Waals surface area (Å²) in [7, 11) is 0. The average molecular weight is 218 g/mol. The Morgan fingerprint density at radius 3 is 3.00 bits per heavy atom. The SMILES string of the molecule is O=C(O)c1ccnc(N2CC3CCC2C3)c1. The first kappa shape index (κ1) is 9.63. The molecule has 2 unspecified atom stereocenters. The monoisotopic (exact) mass is 218 g/mol. The lowest BCUT2D eigenvalue weighted by atomic mass is 10.1. The van der Waals surface area contributed by atoms with Crippen molar-refractivity contribution < 1.29 is 9.90 Å². The normalized spacial score (nSPS) is 27.4. The fraction of sp³-hybridized carbons (Fsp3) is 0.500. The number of carboxylic acid groups (broad SMARTS) is 1. The third-order valence-electron chi connectivity index (χ3n) is 3.70. The molecule has 1 aliphatic heterocycles. The van der Waals surface area contributed by atoms with Gasteiger partial charge >= 0.3 is 5.97 Å². The number of nitrogens with zero attached hydrogens (tertiary/aromatic N) is 2. The number of aromatic nitrogens is 1. The van der Waals surface area contributed by atoms with Crippen LogP contribution in [0.4, 0.5) is 5.82 Å². The minimum atomic E-state index is -0.881. The molecule has 1 saturated carbocycles. The van der Waals surface area contributed by atoms with Gasteiger partial charge in [0.15, 0.2) is 0 Å². The van der Waals surface area contributed by atoms with E-state index < -0.39 is 5.97 Å². The number of carbonyl (C=O) groups is 1. The molecule has 0 aromatic carbocycles. The predicted octanol–water partition coefficient (Wildman–Crippen LogP) is 1.77. The quantitative estimate of drug-likeness (QED) is 0.822. The third kappa shape index (κ3) is 1.45. The zero-order chi connectivity index (χ0) is 11.1. The van der Waals surface area contributed by atoms with Gasteiger partial charge in [0.05, 0.1) is 5.56 Å². The molecular weight excluding hydrogens is 204 g/mol. The Hall–Kier alpha value is -1.58. The number of hydrogen-bond donors (Lipinski definition) is 1. The largest absolute Gasteiger partial charge is 0.478 e. The molecular formula is C12H14N2O2. The lowest BCUT2D eigenvalue weighted by molar-refractivity contribution is 0.0697. The Balaban J connectivity index is 1.89. The van der Waals surface area contributed by atoms with E-state index in [4.69, 9.17) is 5.11 Å². The molecule has 0 spiro atoms. The number of rotatable bonds is 2. The van der Waals surface area contributed by atoms with Crippen LogP contribution in [0.5, 0.6) is 0 Å². The fourth-order valence-electron chi connectivity index (χ4n) is 2.91. The van der Waals surface area contributed by atoms with Crippen molar-refractivity contribution in [3.8, 4) is 0 Å². The van der Waals surface area contributed by atoms with Gasteiger partial charge in [0.1, 0.15) is 5.82 Å². The van der Waals surface area contributed by atoms with Gasteiger partial charge in [0, 0.05) is 18.8 Å². The molecule has 16 heavy (non-hydrogen) atoms. The molecule has 2 aliphatic rings. The van der Waals surface area contributed by atoms with Gasteiger partial charge in [-0.15, -0.1) is 0 Å². The Morgan fingerprint density at radius 1 is 1.50 bits per heavy atom. The summed E-state index contributed by atoms with van der Waals surface area (Å²) in [5.74, 6) is 0.736. The molecule has 2 fully saturated rings. The van der Waals surface area contributed by atoms with Crippen LogP contribution in [-0.2, 0) is 0 Å². The van der Waals surface area contributed by atoms with Gasteiger partial charge in [-0.25, -0.2) is 9.78 Å². The second kappa shape index (κ2) is 3.47. The smallest absolute Gasteiger partial charge is 0.335 e. The molecule has 0 amide bonds. The van der Waals surface area contributed by atoms with Crippen LogP contribution in [0.25, 0.3) is 0 Å². The van der Waals surface area contributed by atoms with Crippen molar-refractivity contribution in [3.63, 3.8) is 0 Å². The standard InChI is InChI=1S/C12H14N2O2/c15-12(16)9-3-4-13-11(6-9)14-7-8-1-2-10(14)5-8/h3-4,6,8,10H,1-2,5,7H2,(H,15,16). The number of anilines is 1. The molecule has 1 aromatic heterocycles. The van der Waals surface area contributed by atoms with Crippen LogP contribution < -0.4 is 4.90 Å². The van der Waals surface area contributed by atoms with Crippen LogP contribution in [0.2, 0.25) is 0 Å². The summed E-state index contributed by atoms with van der Waals surface area (Å²) in [5, 5.41) is 8.94. The van der Waals surface area contributed by atoms with Gasteiger partial charge in [0.25, 0.3) is 0 Å². The molecule has 2 heterocycles. The summed E-state index contributed by atoms with van der Waals surface area (Å²) in [6.45, 7) is 1.04. The van der Waals surface area contributed by atoms with Crippen molar-refractivity contribution >= 4 is 11.8 Å². The molecule has 4 heteroatoms. The first-order chi connectivity index (χ1) is 7.74. The van der Waals surface area contributed by atoms with Crippen LogP contribution in [0.3, 0.4) is 0 Å². The summed E-state index contributed by atoms with van der Waals surface area (Å²) in [6, 6.07) is 3.81. The highest BCUT2D eigenvalue weighted by Gasteiger charge is 2.38. The van der Waals surface area contributed by atoms with Gasteiger partial charge in [0.2, 0.25) is 0 Å². The van der Waals surface area contributed by atoms with Gasteiger partial charge in [-0.3, -0.25) is 0 Å². The number of hydrogen-bond acceptors (Lipinski definition) is 3. The highest BCUT2D eigenvalue weighted by Crippen LogP contribution is 2.39. The summed E-state index contributed by atoms with van der Waals surface area (Å²) >= 11 is 0. The first-order valence-electron chi connectivity index (χ1n) is 5.70. The highest BCUT2D eigenvalue weighted by molar-refractivity contribution is 5.88. The number of carboxylic acids is 1. The van der Waals surface area contributed by atoms with E-state index in [9.17, 15) is 4.79 Å². The van der Waals surface area contributed by atoms with Gasteiger partial charge in [-0.05, 0) is 37.3 Å². The van der Waals surface area contributed by atoms with Crippen molar-refractivity contribution in [1.82, 2.24) is 4.98 Å². The number of aromatic carboxylic acids is 1. The highest BCUT2D eigenvalue weighted by atomic mass is 16.4. The average Bonchev–Trinajstić information content (AvgIpc) is 2.91. The van der Waals surface area contributed by atoms with Gasteiger partial charge in [-0.2, -0.15) is 0 Å². The maximum Gasteiger partial charge on any atom is 0.335 e. The van der Waals surface area contributed by atoms with E-state index in [1.165, 1.54) is 19.3 Å². The fourth-order valence-corrected chi connectivity index (χ4v) is 2.91. The van der Waals surface area contributed by atoms with Crippen molar-refractivity contribution in [3.05, 3.63) is 23.9 Å². The lowest BCUT2D eigenvalue weighted by Gasteiger charge is -2.28. The molecule has 1 N–H and O–H groups in total. The van der Waals surface area contributed by atoms with Crippen LogP contribution in [0.15, 0.2) is 18.3 Å². The lowest BCUT2D eigenvalue weighted by Crippen LogP contribution is -2.32. The van der Waals surface area contributed by atoms with Crippen molar-refractivity contribution in [1.29, 1.82) is 0 Å². The van der Waals surface area contributed by atoms with Crippen LogP contribution in [-0.4, -0.2) is 28.6 Å². The summed E-state index contributed by atoms with van der Waals surface area (Å²) in [5.41, 5.74) is 0.327. The van der Waals surface area contributed by atoms with Gasteiger partial charge in [-0.1, -0.05) is 0 Å². The molecule has 1 saturated heterocycles. The number of piperidine rings is 1. The van der Waals surface area contributed by atoms with Crippen LogP contribution >= 0.6 is 0 Å². The zero-order valence-electron chi connectivity index (χ0n) is 8.97. The molecule has 4 nitrogen and oxygen atoms in total. The van der Waals surface area contributed by atoms with Crippen molar-refractivity contribution in [2.45, 2.75) is 25.3 Å². The van der Waals surface area contributed by atoms with E-state index >= 15 is 0 Å². The van der Waals surface area contributed by atoms with Gasteiger partial charge < -0.3 is 10.0 Å². The van der Waals surface area contributed by atoms with E-state index in [1.54, 1.807) is 18.3 Å². The third-order valence-corrected chi connectivity index (χ3v) is 3.70. The van der Waals surface area contributed by atoms with Crippen LogP contribution in [0.1, 0.15) is 29.6 Å². The van der Waals surface area contributed by atoms with Crippen molar-refractivity contribution in [2.75, 3.05) is 11.4 Å². The Labute approximate surface area is 93.9 Å². The minimum absolute atomic E-state index is 0.327.